The van der Waals surface area contributed by atoms with Crippen LogP contribution in [0.3, 0.4) is 0 Å². The number of alkyl halides is 2. The Morgan fingerprint density at radius 1 is 1.22 bits per heavy atom. The molecule has 0 saturated heterocycles. The summed E-state index contributed by atoms with van der Waals surface area (Å²) in [5.74, 6) is -0.502. The molecule has 1 aliphatic rings. The summed E-state index contributed by atoms with van der Waals surface area (Å²) in [6.45, 7) is -3.08. The minimum atomic E-state index is -3.08. The molecule has 9 heteroatoms. The summed E-state index contributed by atoms with van der Waals surface area (Å²) in [7, 11) is 0. The average molecular weight is 373 g/mol. The molecule has 27 heavy (non-hydrogen) atoms. The molecule has 1 aliphatic heterocycles. The first-order valence-electron chi connectivity index (χ1n) is 7.80. The second-order valence-corrected chi connectivity index (χ2v) is 5.54. The van der Waals surface area contributed by atoms with Crippen molar-refractivity contribution in [3.05, 3.63) is 64.2 Å². The number of nitrogens with one attached hydrogen (secondary N) is 1. The van der Waals surface area contributed by atoms with Gasteiger partial charge in [-0.25, -0.2) is 0 Å². The number of allylic oxidation sites excluding steroid dienone is 1. The van der Waals surface area contributed by atoms with Crippen molar-refractivity contribution in [2.24, 2.45) is 4.99 Å². The fourth-order valence-electron chi connectivity index (χ4n) is 2.50. The zero-order chi connectivity index (χ0) is 19.4. The van der Waals surface area contributed by atoms with E-state index in [-0.39, 0.29) is 29.3 Å². The molecule has 0 fully saturated rings. The first-order valence-corrected chi connectivity index (χ1v) is 7.80. The van der Waals surface area contributed by atoms with E-state index in [4.69, 9.17) is 0 Å². The Labute approximate surface area is 152 Å². The Morgan fingerprint density at radius 2 is 2.00 bits per heavy atom. The standard InChI is InChI=1S/C18H13F2N3O4/c19-18(20)27-16-8-7-13(23(25)26)9-11(16)5-6-12-10-17(24)22-15-4-2-1-3-14(15)21-12/h1-9,18H,10H2,(H,22,24). The van der Waals surface area contributed by atoms with Gasteiger partial charge >= 0.3 is 6.61 Å². The number of anilines is 1. The van der Waals surface area contributed by atoms with Crippen LogP contribution in [-0.4, -0.2) is 23.2 Å². The molecule has 0 bridgehead atoms. The van der Waals surface area contributed by atoms with E-state index in [0.29, 0.717) is 17.1 Å². The van der Waals surface area contributed by atoms with Crippen molar-refractivity contribution in [3.63, 3.8) is 0 Å². The minimum Gasteiger partial charge on any atom is -0.434 e. The number of benzene rings is 2. The first kappa shape index (κ1) is 18.2. The number of hydrogen-bond acceptors (Lipinski definition) is 5. The molecule has 138 valence electrons. The number of ether oxygens (including phenoxy) is 1. The van der Waals surface area contributed by atoms with Gasteiger partial charge in [-0.15, -0.1) is 0 Å². The summed E-state index contributed by atoms with van der Waals surface area (Å²) in [5, 5.41) is 13.6. The number of hydrogen-bond donors (Lipinski definition) is 1. The number of amides is 1. The number of rotatable bonds is 5. The molecular weight excluding hydrogens is 360 g/mol. The summed E-state index contributed by atoms with van der Waals surface area (Å²) in [6.07, 6.45) is 2.76. The Hall–Kier alpha value is -3.62. The van der Waals surface area contributed by atoms with Crippen molar-refractivity contribution >= 4 is 34.8 Å². The number of para-hydroxylation sites is 2. The highest BCUT2D eigenvalue weighted by molar-refractivity contribution is 6.15. The molecule has 1 heterocycles. The highest BCUT2D eigenvalue weighted by Gasteiger charge is 2.16. The molecule has 0 saturated carbocycles. The summed E-state index contributed by atoms with van der Waals surface area (Å²) < 4.78 is 29.5. The summed E-state index contributed by atoms with van der Waals surface area (Å²) in [5.41, 5.74) is 1.27. The van der Waals surface area contributed by atoms with Gasteiger partial charge in [0.25, 0.3) is 5.69 Å². The van der Waals surface area contributed by atoms with Crippen LogP contribution >= 0.6 is 0 Å². The van der Waals surface area contributed by atoms with E-state index in [1.807, 2.05) is 0 Å². The van der Waals surface area contributed by atoms with E-state index in [2.05, 4.69) is 15.0 Å². The molecule has 0 aliphatic carbocycles. The van der Waals surface area contributed by atoms with Crippen LogP contribution in [0.4, 0.5) is 25.8 Å². The highest BCUT2D eigenvalue weighted by atomic mass is 19.3. The van der Waals surface area contributed by atoms with E-state index in [9.17, 15) is 23.7 Å². The normalized spacial score (nSPS) is 13.7. The summed E-state index contributed by atoms with van der Waals surface area (Å²) >= 11 is 0. The quantitative estimate of drug-likeness (QED) is 0.624. The average Bonchev–Trinajstić information content (AvgIpc) is 2.77. The van der Waals surface area contributed by atoms with Crippen molar-refractivity contribution in [2.45, 2.75) is 13.0 Å². The maximum Gasteiger partial charge on any atom is 0.387 e. The number of nitrogens with zero attached hydrogens (tertiary/aromatic N) is 2. The van der Waals surface area contributed by atoms with Gasteiger partial charge in [-0.3, -0.25) is 19.9 Å². The molecule has 0 spiro atoms. The van der Waals surface area contributed by atoms with Crippen LogP contribution in [0.1, 0.15) is 12.0 Å². The number of nitro groups is 1. The van der Waals surface area contributed by atoms with Crippen LogP contribution in [-0.2, 0) is 4.79 Å². The van der Waals surface area contributed by atoms with Crippen LogP contribution in [0.25, 0.3) is 6.08 Å². The number of halogens is 2. The highest BCUT2D eigenvalue weighted by Crippen LogP contribution is 2.29. The van der Waals surface area contributed by atoms with E-state index in [0.717, 1.165) is 18.2 Å². The van der Waals surface area contributed by atoms with Crippen LogP contribution in [0.15, 0.2) is 53.5 Å². The Balaban J connectivity index is 1.97. The third-order valence-corrected chi connectivity index (χ3v) is 3.66. The zero-order valence-electron chi connectivity index (χ0n) is 13.8. The van der Waals surface area contributed by atoms with Crippen molar-refractivity contribution < 1.29 is 23.2 Å². The Morgan fingerprint density at radius 3 is 2.74 bits per heavy atom. The number of aliphatic imine (C=N–C) groups is 1. The molecule has 7 nitrogen and oxygen atoms in total. The number of carbonyl (C=O) groups is 1. The molecule has 1 N–H and O–H groups in total. The van der Waals surface area contributed by atoms with Crippen molar-refractivity contribution in [1.29, 1.82) is 0 Å². The monoisotopic (exact) mass is 373 g/mol. The van der Waals surface area contributed by atoms with Gasteiger partial charge in [0.1, 0.15) is 5.75 Å². The molecular formula is C18H13F2N3O4. The van der Waals surface area contributed by atoms with Crippen LogP contribution in [0, 0.1) is 10.1 Å². The Bertz CT molecular complexity index is 957. The number of carbonyl (C=O) groups excluding carboxylic acids is 1. The molecule has 3 rings (SSSR count). The van der Waals surface area contributed by atoms with Crippen LogP contribution < -0.4 is 10.1 Å². The van der Waals surface area contributed by atoms with E-state index >= 15 is 0 Å². The fourth-order valence-corrected chi connectivity index (χ4v) is 2.50. The molecule has 2 aromatic carbocycles. The second-order valence-electron chi connectivity index (χ2n) is 5.54. The van der Waals surface area contributed by atoms with Crippen molar-refractivity contribution in [3.8, 4) is 5.75 Å². The lowest BCUT2D eigenvalue weighted by Gasteiger charge is -2.07. The van der Waals surface area contributed by atoms with Crippen LogP contribution in [0.5, 0.6) is 5.75 Å². The molecule has 2 aromatic rings. The van der Waals surface area contributed by atoms with Gasteiger partial charge in [0.2, 0.25) is 5.91 Å². The van der Waals surface area contributed by atoms with Gasteiger partial charge < -0.3 is 10.1 Å². The second kappa shape index (κ2) is 7.73. The molecule has 0 aromatic heterocycles. The Kier molecular flexibility index (Phi) is 5.20. The zero-order valence-corrected chi connectivity index (χ0v) is 13.8. The molecule has 0 atom stereocenters. The predicted octanol–water partition coefficient (Wildman–Crippen LogP) is 4.32. The fraction of sp³-hybridized carbons (Fsp3) is 0.111. The summed E-state index contributed by atoms with van der Waals surface area (Å²) in [4.78, 5) is 26.7. The third kappa shape index (κ3) is 4.51. The smallest absolute Gasteiger partial charge is 0.387 e. The topological polar surface area (TPSA) is 93.8 Å². The van der Waals surface area contributed by atoms with Crippen molar-refractivity contribution in [2.75, 3.05) is 5.32 Å². The molecule has 0 unspecified atom stereocenters. The lowest BCUT2D eigenvalue weighted by Crippen LogP contribution is -2.13. The number of nitro benzene ring substituents is 1. The van der Waals surface area contributed by atoms with Gasteiger partial charge in [-0.05, 0) is 30.4 Å². The molecule has 1 amide bonds. The van der Waals surface area contributed by atoms with E-state index in [1.165, 1.54) is 12.2 Å². The molecule has 0 radical (unpaired) electrons. The van der Waals surface area contributed by atoms with Gasteiger partial charge in [-0.2, -0.15) is 8.78 Å². The minimum absolute atomic E-state index is 0.0366. The SMILES string of the molecule is O=C1CC(C=Cc2cc([N+](=O)[O-])ccc2OC(F)F)=Nc2ccccc2N1. The predicted molar refractivity (Wildman–Crippen MR) is 95.5 cm³/mol. The van der Waals surface area contributed by atoms with Gasteiger partial charge in [0.05, 0.1) is 28.4 Å². The lowest BCUT2D eigenvalue weighted by molar-refractivity contribution is -0.384. The maximum absolute atomic E-state index is 12.6. The first-order chi connectivity index (χ1) is 12.9. The van der Waals surface area contributed by atoms with E-state index in [1.54, 1.807) is 24.3 Å². The van der Waals surface area contributed by atoms with Gasteiger partial charge in [-0.1, -0.05) is 12.1 Å². The number of non-ortho nitro benzene ring substituents is 1. The van der Waals surface area contributed by atoms with Gasteiger partial charge in [0.15, 0.2) is 0 Å². The lowest BCUT2D eigenvalue weighted by atomic mass is 10.1. The van der Waals surface area contributed by atoms with Crippen molar-refractivity contribution in [1.82, 2.24) is 0 Å². The third-order valence-electron chi connectivity index (χ3n) is 3.66. The summed E-state index contributed by atoms with van der Waals surface area (Å²) in [6, 6.07) is 10.2. The van der Waals surface area contributed by atoms with Crippen LogP contribution in [0.2, 0.25) is 0 Å². The largest absolute Gasteiger partial charge is 0.434 e. The van der Waals surface area contributed by atoms with E-state index < -0.39 is 11.5 Å². The number of fused-ring (bicyclic) bond motifs is 1. The maximum atomic E-state index is 12.6. The van der Waals surface area contributed by atoms with Gasteiger partial charge in [0, 0.05) is 17.7 Å².